The zero-order valence-corrected chi connectivity index (χ0v) is 31.8. The maximum absolute atomic E-state index is 14.9. The van der Waals surface area contributed by atoms with Gasteiger partial charge in [0.1, 0.15) is 23.6 Å². The number of carbonyl (C=O) groups is 4. The van der Waals surface area contributed by atoms with Gasteiger partial charge in [0.15, 0.2) is 11.6 Å². The normalized spacial score (nSPS) is 15.7. The topological polar surface area (TPSA) is 180 Å². The number of ketones is 1. The van der Waals surface area contributed by atoms with Gasteiger partial charge in [-0.25, -0.2) is 9.18 Å². The summed E-state index contributed by atoms with van der Waals surface area (Å²) in [4.78, 5) is 54.3. The zero-order chi connectivity index (χ0) is 39.1. The lowest BCUT2D eigenvalue weighted by Gasteiger charge is -2.39. The van der Waals surface area contributed by atoms with Crippen LogP contribution >= 0.6 is 23.2 Å². The molecule has 3 aromatic rings. The van der Waals surface area contributed by atoms with Crippen LogP contribution in [0, 0.1) is 5.82 Å². The summed E-state index contributed by atoms with van der Waals surface area (Å²) in [5.41, 5.74) is 0.552. The monoisotopic (exact) mass is 794 g/mol. The van der Waals surface area contributed by atoms with Gasteiger partial charge in [0.05, 0.1) is 28.0 Å². The second-order valence-corrected chi connectivity index (χ2v) is 15.8. The Morgan fingerprint density at radius 2 is 1.72 bits per heavy atom. The molecule has 0 fully saturated rings. The van der Waals surface area contributed by atoms with Crippen molar-refractivity contribution in [2.75, 3.05) is 18.1 Å². The molecule has 0 saturated heterocycles. The minimum Gasteiger partial charge on any atom is -0.444 e. The van der Waals surface area contributed by atoms with Gasteiger partial charge < -0.3 is 30.0 Å². The summed E-state index contributed by atoms with van der Waals surface area (Å²) >= 11 is 11.8. The number of aliphatic hydroxyl groups is 1. The fourth-order valence-corrected chi connectivity index (χ4v) is 6.33. The van der Waals surface area contributed by atoms with Crippen molar-refractivity contribution in [2.24, 2.45) is 0 Å². The number of nitrogens with one attached hydrogen (secondary N) is 3. The van der Waals surface area contributed by atoms with Crippen LogP contribution in [0.5, 0.6) is 5.75 Å². The van der Waals surface area contributed by atoms with E-state index in [9.17, 15) is 37.1 Å². The number of carbonyl (C=O) groups excluding carboxylic acids is 4. The van der Waals surface area contributed by atoms with Crippen LogP contribution in [0.25, 0.3) is 0 Å². The van der Waals surface area contributed by atoms with E-state index in [0.717, 1.165) is 6.26 Å². The largest absolute Gasteiger partial charge is 0.444 e. The number of hydrogen-bond donors (Lipinski definition) is 4. The molecule has 13 nitrogen and oxygen atoms in total. The molecule has 3 amide bonds. The molecule has 0 aliphatic carbocycles. The maximum Gasteiger partial charge on any atom is 0.407 e. The summed E-state index contributed by atoms with van der Waals surface area (Å²) in [5.74, 6) is -2.73. The SMILES string of the molecule is CC(C)(C)OC(=O)NCC[C@H](NC(=O)[C@@H]1Cc2ccc(OS(C)(=O)=O)cc2CN1C(O)CCC(=O)c1ccccc1)C(=O)Nc1ccc(Cl)c(Cl)c1F. The minimum atomic E-state index is -3.85. The van der Waals surface area contributed by atoms with E-state index < -0.39 is 62.8 Å². The summed E-state index contributed by atoms with van der Waals surface area (Å²) < 4.78 is 48.8. The number of Topliss-reactive ketones (excluding diaryl/α,β-unsaturated/α-hetero) is 1. The molecule has 17 heteroatoms. The lowest BCUT2D eigenvalue weighted by molar-refractivity contribution is -0.136. The summed E-state index contributed by atoms with van der Waals surface area (Å²) in [5, 5.41) is 18.6. The molecular formula is C36H41Cl2FN4O9S. The summed E-state index contributed by atoms with van der Waals surface area (Å²) in [6.07, 6.45) is -1.47. The molecule has 286 valence electrons. The van der Waals surface area contributed by atoms with Gasteiger partial charge >= 0.3 is 16.2 Å². The van der Waals surface area contributed by atoms with E-state index in [2.05, 4.69) is 16.0 Å². The lowest BCUT2D eigenvalue weighted by atomic mass is 9.92. The van der Waals surface area contributed by atoms with Crippen molar-refractivity contribution in [1.29, 1.82) is 0 Å². The molecular weight excluding hydrogens is 754 g/mol. The molecule has 4 rings (SSSR count). The molecule has 1 aliphatic heterocycles. The Labute approximate surface area is 317 Å². The molecule has 1 aliphatic rings. The Balaban J connectivity index is 1.60. The highest BCUT2D eigenvalue weighted by molar-refractivity contribution is 7.86. The zero-order valence-electron chi connectivity index (χ0n) is 29.5. The van der Waals surface area contributed by atoms with Gasteiger partial charge in [-0.15, -0.1) is 0 Å². The summed E-state index contributed by atoms with van der Waals surface area (Å²) in [6.45, 7) is 4.83. The van der Waals surface area contributed by atoms with E-state index in [0.29, 0.717) is 16.7 Å². The number of hydrogen-bond acceptors (Lipinski definition) is 10. The number of anilines is 1. The average Bonchev–Trinajstić information content (AvgIpc) is 3.08. The van der Waals surface area contributed by atoms with E-state index in [-0.39, 0.29) is 61.0 Å². The summed E-state index contributed by atoms with van der Waals surface area (Å²) in [6, 6.07) is 13.1. The quantitative estimate of drug-likeness (QED) is 0.0961. The Hall–Kier alpha value is -4.28. The van der Waals surface area contributed by atoms with Crippen molar-refractivity contribution >= 4 is 62.7 Å². The second kappa shape index (κ2) is 17.7. The molecule has 0 aromatic heterocycles. The Kier molecular flexibility index (Phi) is 13.8. The highest BCUT2D eigenvalue weighted by Crippen LogP contribution is 2.31. The van der Waals surface area contributed by atoms with Crippen molar-refractivity contribution in [2.45, 2.75) is 76.9 Å². The number of amides is 3. The van der Waals surface area contributed by atoms with E-state index >= 15 is 0 Å². The number of ether oxygens (including phenoxy) is 1. The van der Waals surface area contributed by atoms with Crippen LogP contribution in [0.4, 0.5) is 14.9 Å². The van der Waals surface area contributed by atoms with Crippen LogP contribution in [0.3, 0.4) is 0 Å². The molecule has 3 atom stereocenters. The van der Waals surface area contributed by atoms with Crippen molar-refractivity contribution in [1.82, 2.24) is 15.5 Å². The molecule has 53 heavy (non-hydrogen) atoms. The van der Waals surface area contributed by atoms with Crippen LogP contribution in [0.15, 0.2) is 60.7 Å². The smallest absolute Gasteiger partial charge is 0.407 e. The molecule has 1 unspecified atom stereocenters. The standard InChI is InChI=1S/C36H41Cl2FN4O9S/c1-36(2,3)51-35(48)40-17-16-27(33(46)41-26-13-12-25(37)31(38)32(26)39)42-34(47)28-19-22-10-11-24(52-53(4,49)50)18-23(22)20-43(28)30(45)15-14-29(44)21-8-6-5-7-9-21/h5-13,18,27-28,30,45H,14-17,19-20H2,1-4H3,(H,40,48)(H,41,46)(H,42,47)/t27-,28-,30?/m0/s1. The van der Waals surface area contributed by atoms with Gasteiger partial charge in [0.25, 0.3) is 0 Å². The van der Waals surface area contributed by atoms with Crippen molar-refractivity contribution in [3.8, 4) is 5.75 Å². The lowest BCUT2D eigenvalue weighted by Crippen LogP contribution is -2.57. The van der Waals surface area contributed by atoms with E-state index in [4.69, 9.17) is 32.1 Å². The van der Waals surface area contributed by atoms with Crippen LogP contribution < -0.4 is 20.1 Å². The number of rotatable bonds is 14. The second-order valence-electron chi connectivity index (χ2n) is 13.4. The summed E-state index contributed by atoms with van der Waals surface area (Å²) in [7, 11) is -3.85. The molecule has 1 heterocycles. The Bertz CT molecular complexity index is 1940. The number of benzene rings is 3. The first-order valence-electron chi connectivity index (χ1n) is 16.6. The van der Waals surface area contributed by atoms with Gasteiger partial charge in [0, 0.05) is 25.1 Å². The minimum absolute atomic E-state index is 0.00985. The third kappa shape index (κ3) is 12.1. The van der Waals surface area contributed by atoms with Crippen LogP contribution in [0.1, 0.15) is 61.5 Å². The van der Waals surface area contributed by atoms with Crippen LogP contribution in [-0.4, -0.2) is 78.8 Å². The molecule has 0 bridgehead atoms. The fourth-order valence-electron chi connectivity index (χ4n) is 5.57. The third-order valence-corrected chi connectivity index (χ3v) is 9.31. The first kappa shape index (κ1) is 41.5. The van der Waals surface area contributed by atoms with Crippen LogP contribution in [-0.2, 0) is 37.4 Å². The Morgan fingerprint density at radius 3 is 2.38 bits per heavy atom. The fraction of sp³-hybridized carbons (Fsp3) is 0.389. The van der Waals surface area contributed by atoms with Gasteiger partial charge in [-0.2, -0.15) is 8.42 Å². The van der Waals surface area contributed by atoms with Gasteiger partial charge in [0.2, 0.25) is 11.8 Å². The van der Waals surface area contributed by atoms with Gasteiger partial charge in [-0.1, -0.05) is 59.6 Å². The molecule has 0 saturated carbocycles. The first-order valence-corrected chi connectivity index (χ1v) is 19.1. The van der Waals surface area contributed by atoms with Crippen molar-refractivity contribution in [3.63, 3.8) is 0 Å². The van der Waals surface area contributed by atoms with Crippen molar-refractivity contribution < 1.29 is 46.0 Å². The third-order valence-electron chi connectivity index (χ3n) is 8.03. The molecule has 0 radical (unpaired) electrons. The number of nitrogens with zero attached hydrogens (tertiary/aromatic N) is 1. The average molecular weight is 796 g/mol. The highest BCUT2D eigenvalue weighted by atomic mass is 35.5. The van der Waals surface area contributed by atoms with E-state index in [1.807, 2.05) is 0 Å². The predicted molar refractivity (Wildman–Crippen MR) is 197 cm³/mol. The predicted octanol–water partition coefficient (Wildman–Crippen LogP) is 5.22. The molecule has 4 N–H and O–H groups in total. The van der Waals surface area contributed by atoms with Gasteiger partial charge in [-0.05, 0) is 75.4 Å². The van der Waals surface area contributed by atoms with Gasteiger partial charge in [-0.3, -0.25) is 19.3 Å². The van der Waals surface area contributed by atoms with Crippen molar-refractivity contribution in [3.05, 3.63) is 93.2 Å². The molecule has 0 spiro atoms. The number of fused-ring (bicyclic) bond motifs is 1. The molecule has 3 aromatic carbocycles. The number of halogens is 3. The van der Waals surface area contributed by atoms with Crippen LogP contribution in [0.2, 0.25) is 10.0 Å². The van der Waals surface area contributed by atoms with E-state index in [1.165, 1.54) is 29.2 Å². The maximum atomic E-state index is 14.9. The Morgan fingerprint density at radius 1 is 1.02 bits per heavy atom. The number of aliphatic hydroxyl groups excluding tert-OH is 1. The van der Waals surface area contributed by atoms with E-state index in [1.54, 1.807) is 57.2 Å². The highest BCUT2D eigenvalue weighted by Gasteiger charge is 2.37. The number of alkyl carbamates (subject to hydrolysis) is 1. The first-order chi connectivity index (χ1) is 24.8.